The van der Waals surface area contributed by atoms with Crippen LogP contribution in [-0.4, -0.2) is 38.0 Å². The van der Waals surface area contributed by atoms with Gasteiger partial charge in [-0.2, -0.15) is 4.68 Å². The second-order valence-electron chi connectivity index (χ2n) is 5.94. The number of ether oxygens (including phenoxy) is 1. The average molecular weight is 418 g/mol. The number of nitrogens with zero attached hydrogens (tertiary/aromatic N) is 4. The predicted molar refractivity (Wildman–Crippen MR) is 110 cm³/mol. The quantitative estimate of drug-likeness (QED) is 0.582. The summed E-state index contributed by atoms with van der Waals surface area (Å²) in [5.41, 5.74) is 2.23. The molecule has 0 radical (unpaired) electrons. The van der Waals surface area contributed by atoms with Crippen LogP contribution in [0.3, 0.4) is 0 Å². The van der Waals surface area contributed by atoms with Gasteiger partial charge in [0.25, 0.3) is 0 Å². The number of carbonyl (C=O) groups is 1. The second-order valence-corrected chi connectivity index (χ2v) is 7.65. The first-order valence-corrected chi connectivity index (χ1v) is 10.00. The van der Waals surface area contributed by atoms with Crippen molar-refractivity contribution in [2.45, 2.75) is 31.2 Å². The van der Waals surface area contributed by atoms with Crippen molar-refractivity contribution in [1.82, 2.24) is 20.2 Å². The van der Waals surface area contributed by atoms with Crippen LogP contribution in [-0.2, 0) is 4.79 Å². The molecule has 146 valence electrons. The van der Waals surface area contributed by atoms with Crippen LogP contribution in [0.4, 0.5) is 5.69 Å². The fourth-order valence-electron chi connectivity index (χ4n) is 2.50. The summed E-state index contributed by atoms with van der Waals surface area (Å²) in [5.74, 6) is 0.508. The van der Waals surface area contributed by atoms with Gasteiger partial charge in [-0.05, 0) is 61.0 Å². The Hall–Kier alpha value is -2.58. The zero-order valence-corrected chi connectivity index (χ0v) is 17.3. The molecule has 1 amide bonds. The third kappa shape index (κ3) is 4.45. The number of para-hydroxylation sites is 2. The lowest BCUT2D eigenvalue weighted by Crippen LogP contribution is -2.23. The molecule has 1 aromatic heterocycles. The van der Waals surface area contributed by atoms with Gasteiger partial charge in [-0.1, -0.05) is 41.6 Å². The maximum atomic E-state index is 12.6. The highest BCUT2D eigenvalue weighted by Crippen LogP contribution is 2.29. The van der Waals surface area contributed by atoms with Crippen molar-refractivity contribution in [2.24, 2.45) is 0 Å². The van der Waals surface area contributed by atoms with E-state index in [-0.39, 0.29) is 5.91 Å². The van der Waals surface area contributed by atoms with Crippen molar-refractivity contribution < 1.29 is 9.53 Å². The Morgan fingerprint density at radius 1 is 1.29 bits per heavy atom. The summed E-state index contributed by atoms with van der Waals surface area (Å²) in [4.78, 5) is 12.6. The first-order chi connectivity index (χ1) is 13.5. The maximum Gasteiger partial charge on any atom is 0.237 e. The van der Waals surface area contributed by atoms with Crippen LogP contribution in [0.1, 0.15) is 19.4 Å². The van der Waals surface area contributed by atoms with Crippen molar-refractivity contribution in [3.05, 3.63) is 53.1 Å². The standard InChI is InChI=1S/C19H20ClN5O2S/c1-4-27-17-11-6-5-10-16(17)25-19(22-23-24-25)28-13(3)18(26)21-15-9-7-8-14(20)12(15)2/h5-11,13H,4H2,1-3H3,(H,21,26). The van der Waals surface area contributed by atoms with Gasteiger partial charge in [0.05, 0.1) is 11.9 Å². The monoisotopic (exact) mass is 417 g/mol. The highest BCUT2D eigenvalue weighted by Gasteiger charge is 2.21. The minimum Gasteiger partial charge on any atom is -0.492 e. The molecule has 0 fully saturated rings. The van der Waals surface area contributed by atoms with Crippen LogP contribution in [0.25, 0.3) is 5.69 Å². The zero-order chi connectivity index (χ0) is 20.1. The lowest BCUT2D eigenvalue weighted by molar-refractivity contribution is -0.115. The minimum absolute atomic E-state index is 0.164. The normalized spacial score (nSPS) is 11.9. The van der Waals surface area contributed by atoms with Crippen LogP contribution in [0, 0.1) is 6.92 Å². The maximum absolute atomic E-state index is 12.6. The SMILES string of the molecule is CCOc1ccccc1-n1nnnc1SC(C)C(=O)Nc1cccc(Cl)c1C. The van der Waals surface area contributed by atoms with Gasteiger partial charge >= 0.3 is 0 Å². The van der Waals surface area contributed by atoms with Crippen LogP contribution < -0.4 is 10.1 Å². The molecule has 0 aliphatic rings. The van der Waals surface area contributed by atoms with E-state index < -0.39 is 5.25 Å². The van der Waals surface area contributed by atoms with Crippen LogP contribution in [0.5, 0.6) is 5.75 Å². The summed E-state index contributed by atoms with van der Waals surface area (Å²) < 4.78 is 7.23. The van der Waals surface area contributed by atoms with Crippen molar-refractivity contribution in [3.8, 4) is 11.4 Å². The first-order valence-electron chi connectivity index (χ1n) is 8.74. The molecule has 0 saturated heterocycles. The molecule has 9 heteroatoms. The summed E-state index contributed by atoms with van der Waals surface area (Å²) in [6.07, 6.45) is 0. The summed E-state index contributed by atoms with van der Waals surface area (Å²) >= 11 is 7.39. The van der Waals surface area contributed by atoms with Crippen molar-refractivity contribution in [2.75, 3.05) is 11.9 Å². The summed E-state index contributed by atoms with van der Waals surface area (Å²) in [6.45, 7) is 6.10. The van der Waals surface area contributed by atoms with E-state index in [1.165, 1.54) is 11.8 Å². The van der Waals surface area contributed by atoms with Gasteiger partial charge < -0.3 is 10.1 Å². The van der Waals surface area contributed by atoms with Gasteiger partial charge in [0.15, 0.2) is 0 Å². The van der Waals surface area contributed by atoms with Gasteiger partial charge in [0.1, 0.15) is 11.4 Å². The number of hydrogen-bond donors (Lipinski definition) is 1. The number of thioether (sulfide) groups is 1. The lowest BCUT2D eigenvalue weighted by Gasteiger charge is -2.14. The molecule has 0 saturated carbocycles. The molecular weight excluding hydrogens is 398 g/mol. The first kappa shape index (κ1) is 20.2. The van der Waals surface area contributed by atoms with E-state index in [4.69, 9.17) is 16.3 Å². The molecule has 1 N–H and O–H groups in total. The van der Waals surface area contributed by atoms with Crippen LogP contribution >= 0.6 is 23.4 Å². The molecule has 3 rings (SSSR count). The van der Waals surface area contributed by atoms with Gasteiger partial charge in [-0.15, -0.1) is 5.10 Å². The Kier molecular flexibility index (Phi) is 6.53. The van der Waals surface area contributed by atoms with Crippen LogP contribution in [0.15, 0.2) is 47.6 Å². The Balaban J connectivity index is 1.77. The number of aromatic nitrogens is 4. The number of benzene rings is 2. The Morgan fingerprint density at radius 2 is 2.07 bits per heavy atom. The molecular formula is C19H20ClN5O2S. The lowest BCUT2D eigenvalue weighted by atomic mass is 10.2. The van der Waals surface area contributed by atoms with Crippen molar-refractivity contribution >= 4 is 35.0 Å². The van der Waals surface area contributed by atoms with E-state index in [1.54, 1.807) is 23.7 Å². The summed E-state index contributed by atoms with van der Waals surface area (Å²) in [5, 5.41) is 15.5. The van der Waals surface area contributed by atoms with Crippen molar-refractivity contribution in [1.29, 1.82) is 0 Å². The molecule has 3 aromatic rings. The molecule has 28 heavy (non-hydrogen) atoms. The highest BCUT2D eigenvalue weighted by atomic mass is 35.5. The molecule has 0 aliphatic heterocycles. The average Bonchev–Trinajstić information content (AvgIpc) is 3.14. The molecule has 2 aromatic carbocycles. The van der Waals surface area contributed by atoms with Gasteiger partial charge in [-0.3, -0.25) is 4.79 Å². The van der Waals surface area contributed by atoms with Crippen LogP contribution in [0.2, 0.25) is 5.02 Å². The molecule has 7 nitrogen and oxygen atoms in total. The largest absolute Gasteiger partial charge is 0.492 e. The van der Waals surface area contributed by atoms with E-state index in [9.17, 15) is 4.79 Å². The number of tetrazole rings is 1. The fraction of sp³-hybridized carbons (Fsp3) is 0.263. The number of rotatable bonds is 7. The number of halogens is 1. The topological polar surface area (TPSA) is 81.9 Å². The molecule has 1 atom stereocenters. The van der Waals surface area contributed by atoms with E-state index in [2.05, 4.69) is 20.8 Å². The fourth-order valence-corrected chi connectivity index (χ4v) is 3.48. The predicted octanol–water partition coefficient (Wildman–Crippen LogP) is 4.14. The van der Waals surface area contributed by atoms with Gasteiger partial charge in [-0.25, -0.2) is 0 Å². The van der Waals surface area contributed by atoms with E-state index in [0.717, 1.165) is 11.3 Å². The highest BCUT2D eigenvalue weighted by molar-refractivity contribution is 8.00. The Morgan fingerprint density at radius 3 is 2.86 bits per heavy atom. The molecule has 1 unspecified atom stereocenters. The van der Waals surface area contributed by atoms with E-state index >= 15 is 0 Å². The Bertz CT molecular complexity index is 978. The number of hydrogen-bond acceptors (Lipinski definition) is 6. The molecule has 0 aliphatic carbocycles. The van der Waals surface area contributed by atoms with E-state index in [1.807, 2.05) is 44.2 Å². The third-order valence-corrected chi connectivity index (χ3v) is 5.45. The minimum atomic E-state index is -0.428. The van der Waals surface area contributed by atoms with Gasteiger partial charge in [0.2, 0.25) is 11.1 Å². The summed E-state index contributed by atoms with van der Waals surface area (Å²) in [6, 6.07) is 12.9. The number of carbonyl (C=O) groups excluding carboxylic acids is 1. The number of anilines is 1. The smallest absolute Gasteiger partial charge is 0.237 e. The second kappa shape index (κ2) is 9.07. The number of nitrogens with one attached hydrogen (secondary N) is 1. The zero-order valence-electron chi connectivity index (χ0n) is 15.7. The van der Waals surface area contributed by atoms with Crippen molar-refractivity contribution in [3.63, 3.8) is 0 Å². The van der Waals surface area contributed by atoms with E-state index in [0.29, 0.717) is 28.2 Å². The molecule has 0 spiro atoms. The Labute approximate surface area is 172 Å². The third-order valence-electron chi connectivity index (χ3n) is 4.01. The molecule has 1 heterocycles. The summed E-state index contributed by atoms with van der Waals surface area (Å²) in [7, 11) is 0. The van der Waals surface area contributed by atoms with Gasteiger partial charge in [0, 0.05) is 10.7 Å². The number of amides is 1. The molecule has 0 bridgehead atoms.